The number of carbonyl (C=O) groups excluding carboxylic acids is 1. The van der Waals surface area contributed by atoms with Crippen molar-refractivity contribution in [1.82, 2.24) is 14.9 Å². The maximum absolute atomic E-state index is 12.8. The summed E-state index contributed by atoms with van der Waals surface area (Å²) in [6, 6.07) is 5.91. The zero-order valence-corrected chi connectivity index (χ0v) is 16.1. The fourth-order valence-electron chi connectivity index (χ4n) is 3.77. The maximum Gasteiger partial charge on any atom is 0.254 e. The number of nitrogens with one attached hydrogen (secondary N) is 2. The molecule has 2 aromatic rings. The highest BCUT2D eigenvalue weighted by atomic mass is 16.7. The molecule has 0 aliphatic carbocycles. The van der Waals surface area contributed by atoms with E-state index in [1.807, 2.05) is 23.1 Å². The Morgan fingerprint density at radius 2 is 2.14 bits per heavy atom. The van der Waals surface area contributed by atoms with Crippen LogP contribution < -0.4 is 20.3 Å². The lowest BCUT2D eigenvalue weighted by molar-refractivity contribution is -0.131. The Balaban J connectivity index is 1.41. The number of hydrogen-bond acceptors (Lipinski definition) is 6. The molecular formula is C20H24N4O4. The van der Waals surface area contributed by atoms with Crippen LogP contribution in [-0.2, 0) is 11.2 Å². The Hall–Kier alpha value is -3.03. The molecule has 2 aliphatic heterocycles. The van der Waals surface area contributed by atoms with E-state index in [2.05, 4.69) is 15.3 Å². The van der Waals surface area contributed by atoms with Gasteiger partial charge in [0.2, 0.25) is 12.7 Å². The number of anilines is 1. The Morgan fingerprint density at radius 3 is 2.96 bits per heavy atom. The quantitative estimate of drug-likeness (QED) is 0.834. The molecule has 0 saturated carbocycles. The van der Waals surface area contributed by atoms with Crippen LogP contribution in [-0.4, -0.2) is 46.7 Å². The van der Waals surface area contributed by atoms with Gasteiger partial charge in [-0.1, -0.05) is 0 Å². The van der Waals surface area contributed by atoms with Gasteiger partial charge in [0, 0.05) is 42.1 Å². The first-order chi connectivity index (χ1) is 13.5. The number of aromatic amines is 1. The van der Waals surface area contributed by atoms with Gasteiger partial charge in [0.1, 0.15) is 5.82 Å². The van der Waals surface area contributed by atoms with Gasteiger partial charge in [0.05, 0.1) is 6.42 Å². The molecule has 0 unspecified atom stereocenters. The third-order valence-electron chi connectivity index (χ3n) is 5.19. The number of rotatable bonds is 4. The number of amides is 1. The number of benzene rings is 1. The molecule has 1 fully saturated rings. The number of aryl methyl sites for hydroxylation is 2. The monoisotopic (exact) mass is 384 g/mol. The lowest BCUT2D eigenvalue weighted by Gasteiger charge is -2.34. The number of ether oxygens (including phenoxy) is 2. The van der Waals surface area contributed by atoms with E-state index in [1.54, 1.807) is 13.8 Å². The largest absolute Gasteiger partial charge is 0.454 e. The van der Waals surface area contributed by atoms with Gasteiger partial charge in [-0.25, -0.2) is 4.98 Å². The molecule has 3 heterocycles. The molecular weight excluding hydrogens is 360 g/mol. The fourth-order valence-corrected chi connectivity index (χ4v) is 3.77. The van der Waals surface area contributed by atoms with Gasteiger partial charge in [-0.3, -0.25) is 9.59 Å². The molecule has 0 radical (unpaired) electrons. The summed E-state index contributed by atoms with van der Waals surface area (Å²) in [5.74, 6) is 2.00. The Kier molecular flexibility index (Phi) is 4.93. The predicted molar refractivity (Wildman–Crippen MR) is 104 cm³/mol. The zero-order valence-electron chi connectivity index (χ0n) is 16.1. The molecule has 148 valence electrons. The van der Waals surface area contributed by atoms with Gasteiger partial charge in [-0.15, -0.1) is 0 Å². The molecule has 0 bridgehead atoms. The Labute approximate surface area is 162 Å². The molecule has 1 saturated heterocycles. The molecule has 1 amide bonds. The minimum Gasteiger partial charge on any atom is -0.454 e. The van der Waals surface area contributed by atoms with E-state index in [9.17, 15) is 9.59 Å². The van der Waals surface area contributed by atoms with Crippen LogP contribution in [0.25, 0.3) is 0 Å². The minimum atomic E-state index is -0.231. The highest BCUT2D eigenvalue weighted by Gasteiger charge is 2.25. The van der Waals surface area contributed by atoms with Gasteiger partial charge in [-0.05, 0) is 38.8 Å². The first-order valence-electron chi connectivity index (χ1n) is 9.50. The van der Waals surface area contributed by atoms with Gasteiger partial charge < -0.3 is 24.7 Å². The molecule has 28 heavy (non-hydrogen) atoms. The summed E-state index contributed by atoms with van der Waals surface area (Å²) in [6.07, 6.45) is 1.96. The zero-order chi connectivity index (χ0) is 19.7. The van der Waals surface area contributed by atoms with Gasteiger partial charge >= 0.3 is 0 Å². The third-order valence-corrected chi connectivity index (χ3v) is 5.19. The standard InChI is InChI=1S/C20H24N4O4/c1-12-16(20(26)22-13(2)21-12)9-19(25)24-7-3-4-15(10-24)23-14-5-6-17-18(8-14)28-11-27-17/h5-6,8,15,23H,3-4,7,9-11H2,1-2H3,(H,21,22,26)/t15-/m1/s1. The number of piperidine rings is 1. The molecule has 2 aliphatic rings. The molecule has 8 nitrogen and oxygen atoms in total. The summed E-state index contributed by atoms with van der Waals surface area (Å²) in [6.45, 7) is 5.05. The van der Waals surface area contributed by atoms with Crippen molar-refractivity contribution in [2.75, 3.05) is 25.2 Å². The molecule has 1 atom stereocenters. The van der Waals surface area contributed by atoms with Gasteiger partial charge in [0.25, 0.3) is 5.56 Å². The van der Waals surface area contributed by atoms with E-state index in [-0.39, 0.29) is 30.7 Å². The van der Waals surface area contributed by atoms with E-state index in [0.717, 1.165) is 30.0 Å². The van der Waals surface area contributed by atoms with Crippen molar-refractivity contribution in [2.45, 2.75) is 39.2 Å². The number of fused-ring (bicyclic) bond motifs is 1. The normalized spacial score (nSPS) is 18.2. The first-order valence-corrected chi connectivity index (χ1v) is 9.50. The van der Waals surface area contributed by atoms with Crippen LogP contribution in [0, 0.1) is 13.8 Å². The number of carbonyl (C=O) groups is 1. The second-order valence-corrected chi connectivity index (χ2v) is 7.28. The number of likely N-dealkylation sites (tertiary alicyclic amines) is 1. The smallest absolute Gasteiger partial charge is 0.254 e. The van der Waals surface area contributed by atoms with E-state index < -0.39 is 0 Å². The summed E-state index contributed by atoms with van der Waals surface area (Å²) in [4.78, 5) is 33.7. The van der Waals surface area contributed by atoms with Crippen LogP contribution in [0.2, 0.25) is 0 Å². The second kappa shape index (κ2) is 7.53. The van der Waals surface area contributed by atoms with Crippen molar-refractivity contribution < 1.29 is 14.3 Å². The Morgan fingerprint density at radius 1 is 1.32 bits per heavy atom. The van der Waals surface area contributed by atoms with E-state index >= 15 is 0 Å². The number of hydrogen-bond donors (Lipinski definition) is 2. The molecule has 4 rings (SSSR count). The highest BCUT2D eigenvalue weighted by molar-refractivity contribution is 5.79. The average Bonchev–Trinajstić information content (AvgIpc) is 3.12. The first kappa shape index (κ1) is 18.3. The lowest BCUT2D eigenvalue weighted by atomic mass is 10.0. The lowest BCUT2D eigenvalue weighted by Crippen LogP contribution is -2.46. The van der Waals surface area contributed by atoms with Crippen LogP contribution in [0.4, 0.5) is 5.69 Å². The molecule has 2 N–H and O–H groups in total. The number of H-pyrrole nitrogens is 1. The summed E-state index contributed by atoms with van der Waals surface area (Å²) < 4.78 is 10.8. The molecule has 1 aromatic carbocycles. The van der Waals surface area contributed by atoms with E-state index in [4.69, 9.17) is 9.47 Å². The minimum absolute atomic E-state index is 0.0450. The number of nitrogens with zero attached hydrogens (tertiary/aromatic N) is 2. The van der Waals surface area contributed by atoms with Crippen molar-refractivity contribution in [3.8, 4) is 11.5 Å². The summed E-state index contributed by atoms with van der Waals surface area (Å²) in [7, 11) is 0. The molecule has 1 aromatic heterocycles. The summed E-state index contributed by atoms with van der Waals surface area (Å²) >= 11 is 0. The topological polar surface area (TPSA) is 96.6 Å². The van der Waals surface area contributed by atoms with Crippen LogP contribution in [0.3, 0.4) is 0 Å². The molecule has 0 spiro atoms. The van der Waals surface area contributed by atoms with Crippen LogP contribution in [0.5, 0.6) is 11.5 Å². The van der Waals surface area contributed by atoms with Gasteiger partial charge in [-0.2, -0.15) is 0 Å². The average molecular weight is 384 g/mol. The maximum atomic E-state index is 12.8. The van der Waals surface area contributed by atoms with Crippen molar-refractivity contribution >= 4 is 11.6 Å². The predicted octanol–water partition coefficient (Wildman–Crippen LogP) is 1.76. The third kappa shape index (κ3) is 3.81. The van der Waals surface area contributed by atoms with Crippen LogP contribution in [0.15, 0.2) is 23.0 Å². The van der Waals surface area contributed by atoms with Crippen LogP contribution in [0.1, 0.15) is 29.9 Å². The summed E-state index contributed by atoms with van der Waals surface area (Å²) in [5, 5.41) is 3.48. The fraction of sp³-hybridized carbons (Fsp3) is 0.450. The van der Waals surface area contributed by atoms with E-state index in [0.29, 0.717) is 30.2 Å². The SMILES string of the molecule is Cc1nc(C)c(CC(=O)N2CCC[C@@H](Nc3ccc4c(c3)OCO4)C2)c(=O)[nH]1. The Bertz CT molecular complexity index is 956. The second-order valence-electron chi connectivity index (χ2n) is 7.28. The van der Waals surface area contributed by atoms with E-state index in [1.165, 1.54) is 0 Å². The van der Waals surface area contributed by atoms with Gasteiger partial charge in [0.15, 0.2) is 11.5 Å². The van der Waals surface area contributed by atoms with Crippen molar-refractivity contribution in [1.29, 1.82) is 0 Å². The molecule has 8 heteroatoms. The van der Waals surface area contributed by atoms with Crippen molar-refractivity contribution in [3.05, 3.63) is 45.6 Å². The highest BCUT2D eigenvalue weighted by Crippen LogP contribution is 2.34. The van der Waals surface area contributed by atoms with Crippen molar-refractivity contribution in [2.24, 2.45) is 0 Å². The van der Waals surface area contributed by atoms with Crippen molar-refractivity contribution in [3.63, 3.8) is 0 Å². The van der Waals surface area contributed by atoms with Crippen LogP contribution >= 0.6 is 0 Å². The number of aromatic nitrogens is 2. The summed E-state index contributed by atoms with van der Waals surface area (Å²) in [5.41, 5.74) is 1.77.